The van der Waals surface area contributed by atoms with Crippen LogP contribution < -0.4 is 0 Å². The molecule has 0 fully saturated rings. The van der Waals surface area contributed by atoms with Crippen LogP contribution in [-0.2, 0) is 0 Å². The number of nitrogens with zero attached hydrogens (tertiary/aromatic N) is 1. The van der Waals surface area contributed by atoms with Crippen LogP contribution in [0, 0.1) is 0 Å². The molecule has 0 aromatic carbocycles. The lowest BCUT2D eigenvalue weighted by Crippen LogP contribution is -2.09. The van der Waals surface area contributed by atoms with Gasteiger partial charge >= 0.3 is 6.18 Å². The molecule has 1 nitrogen and oxygen atoms in total. The molecule has 0 bridgehead atoms. The van der Waals surface area contributed by atoms with E-state index in [1.165, 1.54) is 13.1 Å². The van der Waals surface area contributed by atoms with E-state index in [4.69, 9.17) is 0 Å². The van der Waals surface area contributed by atoms with Crippen LogP contribution in [0.25, 0.3) is 5.57 Å². The Balaban J connectivity index is 3.02. The average molecular weight is 227 g/mol. The lowest BCUT2D eigenvalue weighted by molar-refractivity contribution is -0.0882. The Morgan fingerprint density at radius 3 is 2.50 bits per heavy atom. The van der Waals surface area contributed by atoms with Gasteiger partial charge in [0.05, 0.1) is 5.57 Å². The van der Waals surface area contributed by atoms with Crippen LogP contribution in [0.2, 0.25) is 0 Å². The van der Waals surface area contributed by atoms with Gasteiger partial charge in [0.25, 0.3) is 0 Å². The molecule has 0 spiro atoms. The van der Waals surface area contributed by atoms with E-state index in [1.54, 1.807) is 25.3 Å². The first-order chi connectivity index (χ1) is 7.45. The third kappa shape index (κ3) is 3.22. The lowest BCUT2D eigenvalue weighted by Gasteiger charge is -2.08. The Morgan fingerprint density at radius 2 is 2.06 bits per heavy atom. The van der Waals surface area contributed by atoms with E-state index in [0.717, 1.165) is 12.2 Å². The van der Waals surface area contributed by atoms with Crippen molar-refractivity contribution in [1.29, 1.82) is 0 Å². The molecule has 0 N–H and O–H groups in total. The van der Waals surface area contributed by atoms with Crippen LogP contribution in [0.4, 0.5) is 13.2 Å². The third-order valence-corrected chi connectivity index (χ3v) is 2.13. The van der Waals surface area contributed by atoms with Crippen molar-refractivity contribution < 1.29 is 13.2 Å². The average Bonchev–Trinajstić information content (AvgIpc) is 2.25. The van der Waals surface area contributed by atoms with Crippen LogP contribution in [0.3, 0.4) is 0 Å². The highest BCUT2D eigenvalue weighted by molar-refractivity contribution is 5.66. The number of pyridine rings is 1. The van der Waals surface area contributed by atoms with Crippen molar-refractivity contribution in [2.45, 2.75) is 20.0 Å². The van der Waals surface area contributed by atoms with E-state index >= 15 is 0 Å². The third-order valence-electron chi connectivity index (χ3n) is 2.13. The normalized spacial score (nSPS) is 14.1. The molecule has 0 radical (unpaired) electrons. The first kappa shape index (κ1) is 12.5. The van der Waals surface area contributed by atoms with Crippen LogP contribution in [0.1, 0.15) is 19.4 Å². The zero-order chi connectivity index (χ0) is 12.2. The molecule has 0 aliphatic heterocycles. The van der Waals surface area contributed by atoms with Crippen molar-refractivity contribution >= 4 is 5.57 Å². The van der Waals surface area contributed by atoms with Gasteiger partial charge in [-0.3, -0.25) is 4.98 Å². The van der Waals surface area contributed by atoms with Crippen molar-refractivity contribution in [2.24, 2.45) is 0 Å². The van der Waals surface area contributed by atoms with E-state index in [9.17, 15) is 13.2 Å². The monoisotopic (exact) mass is 227 g/mol. The van der Waals surface area contributed by atoms with Gasteiger partial charge in [0, 0.05) is 12.4 Å². The minimum Gasteiger partial charge on any atom is -0.264 e. The predicted octanol–water partition coefficient (Wildman–Crippen LogP) is 3.99. The van der Waals surface area contributed by atoms with Crippen molar-refractivity contribution in [3.63, 3.8) is 0 Å². The molecule has 1 aromatic heterocycles. The van der Waals surface area contributed by atoms with Crippen LogP contribution in [0.15, 0.2) is 42.3 Å². The molecule has 0 amide bonds. The molecule has 1 rings (SSSR count). The number of aromatic nitrogens is 1. The van der Waals surface area contributed by atoms with Gasteiger partial charge in [-0.05, 0) is 37.1 Å². The summed E-state index contributed by atoms with van der Waals surface area (Å²) in [5, 5.41) is 0. The molecule has 16 heavy (non-hydrogen) atoms. The number of rotatable bonds is 2. The zero-order valence-corrected chi connectivity index (χ0v) is 9.05. The number of halogens is 3. The summed E-state index contributed by atoms with van der Waals surface area (Å²) in [5.74, 6) is 0. The topological polar surface area (TPSA) is 12.9 Å². The Labute approximate surface area is 92.3 Å². The van der Waals surface area contributed by atoms with Gasteiger partial charge in [0.15, 0.2) is 0 Å². The molecule has 0 saturated carbocycles. The molecular formula is C12H12F3N. The quantitative estimate of drug-likeness (QED) is 0.696. The van der Waals surface area contributed by atoms with Gasteiger partial charge in [0.1, 0.15) is 0 Å². The summed E-state index contributed by atoms with van der Waals surface area (Å²) in [6.45, 7) is 3.00. The van der Waals surface area contributed by atoms with E-state index in [0.29, 0.717) is 11.1 Å². The van der Waals surface area contributed by atoms with Crippen molar-refractivity contribution in [2.75, 3.05) is 0 Å². The molecule has 0 saturated heterocycles. The number of hydrogen-bond donors (Lipinski definition) is 0. The second-order valence-corrected chi connectivity index (χ2v) is 3.31. The summed E-state index contributed by atoms with van der Waals surface area (Å²) >= 11 is 0. The molecule has 1 aromatic rings. The molecular weight excluding hydrogens is 215 g/mol. The van der Waals surface area contributed by atoms with E-state index < -0.39 is 11.7 Å². The van der Waals surface area contributed by atoms with Gasteiger partial charge < -0.3 is 0 Å². The predicted molar refractivity (Wildman–Crippen MR) is 57.7 cm³/mol. The summed E-state index contributed by atoms with van der Waals surface area (Å²) < 4.78 is 37.4. The highest BCUT2D eigenvalue weighted by Crippen LogP contribution is 2.28. The largest absolute Gasteiger partial charge is 0.416 e. The molecule has 86 valence electrons. The summed E-state index contributed by atoms with van der Waals surface area (Å²) in [6.07, 6.45) is 0.988. The van der Waals surface area contributed by atoms with Crippen LogP contribution in [-0.4, -0.2) is 11.2 Å². The van der Waals surface area contributed by atoms with Gasteiger partial charge in [-0.1, -0.05) is 12.1 Å². The molecule has 0 atom stereocenters. The smallest absolute Gasteiger partial charge is 0.264 e. The minimum absolute atomic E-state index is 0.540. The second-order valence-electron chi connectivity index (χ2n) is 3.31. The lowest BCUT2D eigenvalue weighted by atomic mass is 10.1. The van der Waals surface area contributed by atoms with Gasteiger partial charge in [-0.15, -0.1) is 0 Å². The number of alkyl halides is 3. The number of hydrogen-bond acceptors (Lipinski definition) is 1. The Morgan fingerprint density at radius 1 is 1.38 bits per heavy atom. The molecule has 4 heteroatoms. The van der Waals surface area contributed by atoms with Gasteiger partial charge in [-0.2, -0.15) is 13.2 Å². The molecule has 0 aliphatic rings. The Hall–Kier alpha value is -1.58. The van der Waals surface area contributed by atoms with Crippen LogP contribution in [0.5, 0.6) is 0 Å². The fraction of sp³-hybridized carbons (Fsp3) is 0.250. The number of allylic oxidation sites excluding steroid dienone is 4. The zero-order valence-electron chi connectivity index (χ0n) is 9.05. The maximum absolute atomic E-state index is 12.5. The Kier molecular flexibility index (Phi) is 3.88. The maximum atomic E-state index is 12.5. The second kappa shape index (κ2) is 4.96. The molecule has 0 aliphatic carbocycles. The maximum Gasteiger partial charge on any atom is 0.416 e. The Bertz CT molecular complexity index is 402. The summed E-state index contributed by atoms with van der Waals surface area (Å²) in [5.41, 5.74) is 0.582. The summed E-state index contributed by atoms with van der Waals surface area (Å²) in [7, 11) is 0. The molecule has 1 heterocycles. The highest BCUT2D eigenvalue weighted by Gasteiger charge is 2.31. The van der Waals surface area contributed by atoms with Gasteiger partial charge in [0.2, 0.25) is 0 Å². The van der Waals surface area contributed by atoms with Crippen molar-refractivity contribution in [3.8, 4) is 0 Å². The van der Waals surface area contributed by atoms with Crippen molar-refractivity contribution in [1.82, 2.24) is 4.98 Å². The summed E-state index contributed by atoms with van der Waals surface area (Å²) in [4.78, 5) is 3.86. The first-order valence-corrected chi connectivity index (χ1v) is 4.77. The fourth-order valence-electron chi connectivity index (χ4n) is 1.24. The summed E-state index contributed by atoms with van der Waals surface area (Å²) in [6, 6.07) is 3.41. The van der Waals surface area contributed by atoms with E-state index in [1.807, 2.05) is 0 Å². The molecule has 0 unspecified atom stereocenters. The first-order valence-electron chi connectivity index (χ1n) is 4.77. The van der Waals surface area contributed by atoms with Crippen molar-refractivity contribution in [3.05, 3.63) is 47.8 Å². The highest BCUT2D eigenvalue weighted by atomic mass is 19.4. The SMILES string of the molecule is C/C=C(\C=C(/C)c1cccnc1)C(F)(F)F. The van der Waals surface area contributed by atoms with Gasteiger partial charge in [-0.25, -0.2) is 0 Å². The fourth-order valence-corrected chi connectivity index (χ4v) is 1.24. The van der Waals surface area contributed by atoms with E-state index in [-0.39, 0.29) is 0 Å². The van der Waals surface area contributed by atoms with Crippen LogP contribution >= 0.6 is 0 Å². The standard InChI is InChI=1S/C12H12F3N/c1-3-11(12(13,14)15)7-9(2)10-5-4-6-16-8-10/h3-8H,1-2H3/b9-7+,11-3+. The van der Waals surface area contributed by atoms with E-state index in [2.05, 4.69) is 4.98 Å². The minimum atomic E-state index is -4.31.